The minimum atomic E-state index is 0.221. The van der Waals surface area contributed by atoms with Crippen LogP contribution in [0, 0.1) is 0 Å². The third-order valence-corrected chi connectivity index (χ3v) is 3.85. The zero-order chi connectivity index (χ0) is 13.1. The minimum absolute atomic E-state index is 0.221. The van der Waals surface area contributed by atoms with Gasteiger partial charge in [0.25, 0.3) is 0 Å². The Balaban J connectivity index is 2.13. The van der Waals surface area contributed by atoms with Crippen LogP contribution in [-0.2, 0) is 4.74 Å². The fraction of sp³-hybridized carbons (Fsp3) is 0.133. The molecule has 0 aliphatic rings. The molecule has 19 heavy (non-hydrogen) atoms. The van der Waals surface area contributed by atoms with Gasteiger partial charge in [0.1, 0.15) is 5.75 Å². The molecular formula is C15H13NO2S. The van der Waals surface area contributed by atoms with Crippen molar-refractivity contribution in [3.63, 3.8) is 0 Å². The van der Waals surface area contributed by atoms with Crippen molar-refractivity contribution in [2.45, 2.75) is 0 Å². The first-order valence-corrected chi connectivity index (χ1v) is 6.80. The van der Waals surface area contributed by atoms with Crippen molar-refractivity contribution in [3.8, 4) is 16.9 Å². The molecule has 3 aromatic rings. The fourth-order valence-corrected chi connectivity index (χ4v) is 2.97. The van der Waals surface area contributed by atoms with Crippen LogP contribution in [0.25, 0.3) is 21.2 Å². The number of rotatable bonds is 4. The van der Waals surface area contributed by atoms with E-state index >= 15 is 0 Å². The minimum Gasteiger partial charge on any atom is -0.465 e. The van der Waals surface area contributed by atoms with Crippen molar-refractivity contribution in [1.82, 2.24) is 4.98 Å². The normalized spacial score (nSPS) is 10.8. The molecule has 0 radical (unpaired) electrons. The summed E-state index contributed by atoms with van der Waals surface area (Å²) in [4.78, 5) is 4.11. The number of aromatic nitrogens is 1. The highest BCUT2D eigenvalue weighted by Gasteiger charge is 2.10. The summed E-state index contributed by atoms with van der Waals surface area (Å²) >= 11 is 1.73. The molecule has 0 saturated carbocycles. The first-order chi connectivity index (χ1) is 9.40. The molecule has 1 aromatic carbocycles. The molecule has 2 aromatic heterocycles. The first kappa shape index (κ1) is 12.1. The van der Waals surface area contributed by atoms with Gasteiger partial charge in [-0.2, -0.15) is 0 Å². The number of benzene rings is 1. The van der Waals surface area contributed by atoms with Crippen LogP contribution in [0.1, 0.15) is 0 Å². The van der Waals surface area contributed by atoms with Crippen molar-refractivity contribution in [2.75, 3.05) is 13.9 Å². The maximum Gasteiger partial charge on any atom is 0.188 e. The Morgan fingerprint density at radius 3 is 3.00 bits per heavy atom. The average molecular weight is 271 g/mol. The van der Waals surface area contributed by atoms with Crippen LogP contribution >= 0.6 is 11.3 Å². The quantitative estimate of drug-likeness (QED) is 0.673. The Kier molecular flexibility index (Phi) is 3.44. The highest BCUT2D eigenvalue weighted by Crippen LogP contribution is 2.36. The molecule has 0 amide bonds. The average Bonchev–Trinajstić information content (AvgIpc) is 2.94. The monoisotopic (exact) mass is 271 g/mol. The number of nitrogens with zero attached hydrogens (tertiary/aromatic N) is 1. The van der Waals surface area contributed by atoms with E-state index < -0.39 is 0 Å². The molecule has 0 bridgehead atoms. The van der Waals surface area contributed by atoms with Gasteiger partial charge in [-0.25, -0.2) is 0 Å². The number of ether oxygens (including phenoxy) is 2. The summed E-state index contributed by atoms with van der Waals surface area (Å²) in [6, 6.07) is 10.4. The molecule has 2 heterocycles. The van der Waals surface area contributed by atoms with E-state index in [0.717, 1.165) is 11.3 Å². The molecular weight excluding hydrogens is 258 g/mol. The Hall–Kier alpha value is -1.91. The van der Waals surface area contributed by atoms with E-state index in [9.17, 15) is 0 Å². The van der Waals surface area contributed by atoms with E-state index in [-0.39, 0.29) is 6.79 Å². The fourth-order valence-electron chi connectivity index (χ4n) is 2.05. The lowest BCUT2D eigenvalue weighted by Crippen LogP contribution is -2.00. The van der Waals surface area contributed by atoms with Crippen LogP contribution in [0.3, 0.4) is 0 Å². The third-order valence-electron chi connectivity index (χ3n) is 2.89. The summed E-state index contributed by atoms with van der Waals surface area (Å²) in [5.41, 5.74) is 2.21. The van der Waals surface area contributed by atoms with E-state index in [1.54, 1.807) is 30.8 Å². The maximum absolute atomic E-state index is 5.59. The number of hydrogen-bond donors (Lipinski definition) is 0. The van der Waals surface area contributed by atoms with Crippen molar-refractivity contribution in [2.24, 2.45) is 0 Å². The largest absolute Gasteiger partial charge is 0.465 e. The zero-order valence-corrected chi connectivity index (χ0v) is 11.3. The van der Waals surface area contributed by atoms with Crippen LogP contribution in [0.5, 0.6) is 5.75 Å². The molecule has 0 aliphatic carbocycles. The van der Waals surface area contributed by atoms with Crippen LogP contribution in [-0.4, -0.2) is 18.9 Å². The highest BCUT2D eigenvalue weighted by molar-refractivity contribution is 7.17. The van der Waals surface area contributed by atoms with Crippen molar-refractivity contribution >= 4 is 21.4 Å². The summed E-state index contributed by atoms with van der Waals surface area (Å²) in [5.74, 6) is 0.741. The second kappa shape index (κ2) is 5.38. The van der Waals surface area contributed by atoms with Gasteiger partial charge in [0.2, 0.25) is 0 Å². The van der Waals surface area contributed by atoms with Gasteiger partial charge in [0, 0.05) is 29.1 Å². The lowest BCUT2D eigenvalue weighted by atomic mass is 10.0. The Labute approximate surface area is 115 Å². The molecule has 0 atom stereocenters. The Morgan fingerprint density at radius 2 is 2.11 bits per heavy atom. The molecule has 3 nitrogen and oxygen atoms in total. The smallest absolute Gasteiger partial charge is 0.188 e. The maximum atomic E-state index is 5.59. The molecule has 0 saturated heterocycles. The van der Waals surface area contributed by atoms with Crippen LogP contribution in [0.4, 0.5) is 0 Å². The van der Waals surface area contributed by atoms with E-state index in [1.807, 2.05) is 6.07 Å². The van der Waals surface area contributed by atoms with Gasteiger partial charge < -0.3 is 9.47 Å². The number of thiophene rings is 1. The van der Waals surface area contributed by atoms with Crippen molar-refractivity contribution < 1.29 is 9.47 Å². The SMILES string of the molecule is COCOc1cnccc1-c1cccc2ccsc12. The first-order valence-electron chi connectivity index (χ1n) is 5.92. The molecule has 3 rings (SSSR count). The standard InChI is InChI=1S/C15H13NO2S/c1-17-10-18-14-9-16-7-5-12(14)13-4-2-3-11-6-8-19-15(11)13/h2-9H,10H2,1H3. The predicted molar refractivity (Wildman–Crippen MR) is 77.6 cm³/mol. The van der Waals surface area contributed by atoms with E-state index in [4.69, 9.17) is 9.47 Å². The van der Waals surface area contributed by atoms with Gasteiger partial charge in [0.15, 0.2) is 6.79 Å². The van der Waals surface area contributed by atoms with E-state index in [1.165, 1.54) is 15.6 Å². The summed E-state index contributed by atoms with van der Waals surface area (Å²) in [7, 11) is 1.61. The summed E-state index contributed by atoms with van der Waals surface area (Å²) < 4.78 is 11.8. The highest BCUT2D eigenvalue weighted by atomic mass is 32.1. The second-order valence-electron chi connectivity index (χ2n) is 4.07. The van der Waals surface area contributed by atoms with Gasteiger partial charge in [-0.1, -0.05) is 18.2 Å². The molecule has 0 unspecified atom stereocenters. The van der Waals surface area contributed by atoms with Gasteiger partial charge in [-0.05, 0) is 22.9 Å². The van der Waals surface area contributed by atoms with Crippen LogP contribution < -0.4 is 4.74 Å². The van der Waals surface area contributed by atoms with Gasteiger partial charge in [-0.15, -0.1) is 11.3 Å². The number of hydrogen-bond acceptors (Lipinski definition) is 4. The van der Waals surface area contributed by atoms with E-state index in [0.29, 0.717) is 0 Å². The molecule has 0 spiro atoms. The number of pyridine rings is 1. The summed E-state index contributed by atoms with van der Waals surface area (Å²) in [5, 5.41) is 3.35. The molecule has 96 valence electrons. The molecule has 0 aliphatic heterocycles. The summed E-state index contributed by atoms with van der Waals surface area (Å²) in [6.45, 7) is 0.221. The predicted octanol–water partition coefficient (Wildman–Crippen LogP) is 3.95. The number of fused-ring (bicyclic) bond motifs is 1. The van der Waals surface area contributed by atoms with E-state index in [2.05, 4.69) is 34.6 Å². The lowest BCUT2D eigenvalue weighted by molar-refractivity contribution is 0.0513. The zero-order valence-electron chi connectivity index (χ0n) is 10.5. The van der Waals surface area contributed by atoms with Crippen LogP contribution in [0.15, 0.2) is 48.1 Å². The third kappa shape index (κ3) is 2.32. The van der Waals surface area contributed by atoms with Gasteiger partial charge in [-0.3, -0.25) is 4.98 Å². The van der Waals surface area contributed by atoms with Crippen LogP contribution in [0.2, 0.25) is 0 Å². The number of methoxy groups -OCH3 is 1. The molecule has 0 fully saturated rings. The topological polar surface area (TPSA) is 31.4 Å². The lowest BCUT2D eigenvalue weighted by Gasteiger charge is -2.10. The van der Waals surface area contributed by atoms with Crippen molar-refractivity contribution in [3.05, 3.63) is 48.1 Å². The van der Waals surface area contributed by atoms with Gasteiger partial charge in [0.05, 0.1) is 6.20 Å². The molecule has 4 heteroatoms. The molecule has 0 N–H and O–H groups in total. The Morgan fingerprint density at radius 1 is 1.16 bits per heavy atom. The van der Waals surface area contributed by atoms with Gasteiger partial charge >= 0.3 is 0 Å². The summed E-state index contributed by atoms with van der Waals surface area (Å²) in [6.07, 6.45) is 3.50. The second-order valence-corrected chi connectivity index (χ2v) is 4.98. The van der Waals surface area contributed by atoms with Crippen molar-refractivity contribution in [1.29, 1.82) is 0 Å². The Bertz CT molecular complexity index is 693.